The van der Waals surface area contributed by atoms with Crippen molar-refractivity contribution in [2.24, 2.45) is 5.73 Å². The number of hydrogen-bond donors (Lipinski definition) is 2. The molecular weight excluding hydrogens is 204 g/mol. The van der Waals surface area contributed by atoms with Crippen LogP contribution in [0.2, 0.25) is 5.02 Å². The Bertz CT molecular complexity index is 379. The minimum atomic E-state index is -1.13. The lowest BCUT2D eigenvalue weighted by Gasteiger charge is -2.09. The topological polar surface area (TPSA) is 76.2 Å². The van der Waals surface area contributed by atoms with E-state index in [9.17, 15) is 4.79 Å². The van der Waals surface area contributed by atoms with Crippen molar-refractivity contribution in [3.63, 3.8) is 0 Å². The molecule has 1 aromatic heterocycles. The fourth-order valence-electron chi connectivity index (χ4n) is 1.01. The van der Waals surface area contributed by atoms with Crippen LogP contribution >= 0.6 is 11.6 Å². The number of carboxylic acids is 1. The zero-order chi connectivity index (χ0) is 10.7. The molecule has 1 rings (SSSR count). The number of nitrogens with zero attached hydrogens (tertiary/aromatic N) is 1. The third-order valence-corrected chi connectivity index (χ3v) is 1.91. The Kier molecular flexibility index (Phi) is 3.22. The van der Waals surface area contributed by atoms with Crippen LogP contribution < -0.4 is 5.73 Å². The largest absolute Gasteiger partial charge is 0.477 e. The van der Waals surface area contributed by atoms with E-state index in [2.05, 4.69) is 11.6 Å². The van der Waals surface area contributed by atoms with Gasteiger partial charge in [-0.2, -0.15) is 0 Å². The van der Waals surface area contributed by atoms with E-state index in [1.54, 1.807) is 0 Å². The van der Waals surface area contributed by atoms with Gasteiger partial charge in [-0.1, -0.05) is 17.7 Å². The molecule has 1 aromatic rings. The molecule has 74 valence electrons. The summed E-state index contributed by atoms with van der Waals surface area (Å²) in [6.07, 6.45) is 2.70. The standard InChI is InChI=1S/C9H9ClN2O2/c1-2-7(11)6-3-5(10)4-12-8(6)9(13)14/h2-4,7H,1,11H2,(H,13,14)/t7-/m0/s1. The van der Waals surface area contributed by atoms with Gasteiger partial charge in [0.05, 0.1) is 11.1 Å². The average molecular weight is 213 g/mol. The highest BCUT2D eigenvalue weighted by Crippen LogP contribution is 2.19. The lowest BCUT2D eigenvalue weighted by molar-refractivity contribution is 0.0689. The van der Waals surface area contributed by atoms with Gasteiger partial charge in [-0.25, -0.2) is 9.78 Å². The van der Waals surface area contributed by atoms with Gasteiger partial charge < -0.3 is 10.8 Å². The first kappa shape index (κ1) is 10.7. The van der Waals surface area contributed by atoms with Crippen molar-refractivity contribution in [2.45, 2.75) is 6.04 Å². The maximum Gasteiger partial charge on any atom is 0.354 e. The Morgan fingerprint density at radius 1 is 1.79 bits per heavy atom. The van der Waals surface area contributed by atoms with Crippen LogP contribution in [-0.4, -0.2) is 16.1 Å². The highest BCUT2D eigenvalue weighted by Gasteiger charge is 2.15. The molecule has 1 atom stereocenters. The highest BCUT2D eigenvalue weighted by molar-refractivity contribution is 6.30. The third kappa shape index (κ3) is 2.10. The van der Waals surface area contributed by atoms with Crippen molar-refractivity contribution in [2.75, 3.05) is 0 Å². The lowest BCUT2D eigenvalue weighted by Crippen LogP contribution is -2.14. The third-order valence-electron chi connectivity index (χ3n) is 1.70. The molecule has 0 bridgehead atoms. The number of pyridine rings is 1. The van der Waals surface area contributed by atoms with E-state index in [0.717, 1.165) is 0 Å². The van der Waals surface area contributed by atoms with Crippen LogP contribution in [0.25, 0.3) is 0 Å². The predicted octanol–water partition coefficient (Wildman–Crippen LogP) is 1.62. The van der Waals surface area contributed by atoms with Crippen LogP contribution in [0.3, 0.4) is 0 Å². The molecule has 0 amide bonds. The molecule has 4 nitrogen and oxygen atoms in total. The van der Waals surface area contributed by atoms with Crippen molar-refractivity contribution in [1.29, 1.82) is 0 Å². The summed E-state index contributed by atoms with van der Waals surface area (Å²) in [7, 11) is 0. The van der Waals surface area contributed by atoms with E-state index in [4.69, 9.17) is 22.4 Å². The summed E-state index contributed by atoms with van der Waals surface area (Å²) in [5.41, 5.74) is 5.89. The van der Waals surface area contributed by atoms with Crippen molar-refractivity contribution in [1.82, 2.24) is 4.98 Å². The summed E-state index contributed by atoms with van der Waals surface area (Å²) in [6.45, 7) is 3.48. The molecule has 0 aliphatic rings. The Labute approximate surface area is 86.0 Å². The monoisotopic (exact) mass is 212 g/mol. The molecule has 0 saturated heterocycles. The van der Waals surface area contributed by atoms with Crippen molar-refractivity contribution < 1.29 is 9.90 Å². The first-order chi connectivity index (χ1) is 6.56. The number of aromatic carboxylic acids is 1. The number of rotatable bonds is 3. The first-order valence-corrected chi connectivity index (χ1v) is 4.21. The van der Waals surface area contributed by atoms with Crippen LogP contribution in [0.1, 0.15) is 22.1 Å². The smallest absolute Gasteiger partial charge is 0.354 e. The van der Waals surface area contributed by atoms with E-state index in [-0.39, 0.29) is 5.69 Å². The average Bonchev–Trinajstić information content (AvgIpc) is 2.16. The van der Waals surface area contributed by atoms with Gasteiger partial charge in [0.1, 0.15) is 0 Å². The summed E-state index contributed by atoms with van der Waals surface area (Å²) in [5, 5.41) is 9.15. The maximum atomic E-state index is 10.8. The minimum absolute atomic E-state index is 0.0956. The maximum absolute atomic E-state index is 10.8. The SMILES string of the molecule is C=C[C@H](N)c1cc(Cl)cnc1C(=O)O. The molecule has 5 heteroatoms. The summed E-state index contributed by atoms with van der Waals surface area (Å²) in [5.74, 6) is -1.13. The second-order valence-corrected chi connectivity index (χ2v) is 3.09. The number of aromatic nitrogens is 1. The van der Waals surface area contributed by atoms with Gasteiger partial charge in [0.2, 0.25) is 0 Å². The molecule has 0 aliphatic carbocycles. The van der Waals surface area contributed by atoms with E-state index in [1.165, 1.54) is 18.3 Å². The van der Waals surface area contributed by atoms with Gasteiger partial charge in [-0.15, -0.1) is 6.58 Å². The van der Waals surface area contributed by atoms with Crippen LogP contribution in [0.15, 0.2) is 24.9 Å². The van der Waals surface area contributed by atoms with E-state index in [0.29, 0.717) is 10.6 Å². The van der Waals surface area contributed by atoms with E-state index >= 15 is 0 Å². The van der Waals surface area contributed by atoms with Gasteiger partial charge >= 0.3 is 5.97 Å². The Morgan fingerprint density at radius 2 is 2.43 bits per heavy atom. The van der Waals surface area contributed by atoms with Gasteiger partial charge in [0.25, 0.3) is 0 Å². The van der Waals surface area contributed by atoms with E-state index < -0.39 is 12.0 Å². The molecule has 0 radical (unpaired) electrons. The normalized spacial score (nSPS) is 12.1. The molecule has 1 heterocycles. The van der Waals surface area contributed by atoms with Crippen LogP contribution in [0.5, 0.6) is 0 Å². The Hall–Kier alpha value is -1.39. The van der Waals surface area contributed by atoms with Crippen molar-refractivity contribution in [3.05, 3.63) is 41.2 Å². The van der Waals surface area contributed by atoms with Crippen LogP contribution in [0, 0.1) is 0 Å². The number of hydrogen-bond acceptors (Lipinski definition) is 3. The Balaban J connectivity index is 3.29. The van der Waals surface area contributed by atoms with E-state index in [1.807, 2.05) is 0 Å². The number of nitrogens with two attached hydrogens (primary N) is 1. The zero-order valence-electron chi connectivity index (χ0n) is 7.27. The lowest BCUT2D eigenvalue weighted by atomic mass is 10.1. The van der Waals surface area contributed by atoms with Crippen molar-refractivity contribution in [3.8, 4) is 0 Å². The van der Waals surface area contributed by atoms with Crippen LogP contribution in [0.4, 0.5) is 0 Å². The second kappa shape index (κ2) is 4.21. The van der Waals surface area contributed by atoms with Crippen LogP contribution in [-0.2, 0) is 0 Å². The first-order valence-electron chi connectivity index (χ1n) is 3.83. The summed E-state index contributed by atoms with van der Waals surface area (Å²) in [6, 6.07) is 0.900. The fraction of sp³-hybridized carbons (Fsp3) is 0.111. The molecule has 0 saturated carbocycles. The molecular formula is C9H9ClN2O2. The molecule has 3 N–H and O–H groups in total. The fourth-order valence-corrected chi connectivity index (χ4v) is 1.18. The number of carbonyl (C=O) groups is 1. The quantitative estimate of drug-likeness (QED) is 0.747. The van der Waals surface area contributed by atoms with Gasteiger partial charge in [-0.05, 0) is 6.07 Å². The van der Waals surface area contributed by atoms with Crippen molar-refractivity contribution >= 4 is 17.6 Å². The molecule has 0 spiro atoms. The summed E-state index contributed by atoms with van der Waals surface area (Å²) < 4.78 is 0. The highest BCUT2D eigenvalue weighted by atomic mass is 35.5. The van der Waals surface area contributed by atoms with Gasteiger partial charge in [0.15, 0.2) is 5.69 Å². The summed E-state index contributed by atoms with van der Waals surface area (Å²) in [4.78, 5) is 14.4. The van der Waals surface area contributed by atoms with Gasteiger partial charge in [-0.3, -0.25) is 0 Å². The zero-order valence-corrected chi connectivity index (χ0v) is 8.03. The molecule has 0 aromatic carbocycles. The second-order valence-electron chi connectivity index (χ2n) is 2.66. The number of halogens is 1. The van der Waals surface area contributed by atoms with Gasteiger partial charge in [0, 0.05) is 11.8 Å². The molecule has 0 aliphatic heterocycles. The molecule has 0 unspecified atom stereocenters. The molecule has 0 fully saturated rings. The molecule has 14 heavy (non-hydrogen) atoms. The Morgan fingerprint density at radius 3 is 2.93 bits per heavy atom. The minimum Gasteiger partial charge on any atom is -0.477 e. The summed E-state index contributed by atoms with van der Waals surface area (Å²) >= 11 is 5.68. The number of carboxylic acid groups (broad SMARTS) is 1. The predicted molar refractivity (Wildman–Crippen MR) is 53.3 cm³/mol.